The van der Waals surface area contributed by atoms with Crippen molar-refractivity contribution in [1.82, 2.24) is 14.9 Å². The highest BCUT2D eigenvalue weighted by Crippen LogP contribution is 2.15. The number of aromatic nitrogens is 2. The minimum atomic E-state index is -0.602. The molecule has 1 atom stereocenters. The molecule has 0 bridgehead atoms. The number of H-pyrrole nitrogens is 1. The average molecular weight is 343 g/mol. The Kier molecular flexibility index (Phi) is 5.75. The first-order chi connectivity index (χ1) is 12.1. The summed E-state index contributed by atoms with van der Waals surface area (Å²) in [6, 6.07) is 14.7. The van der Waals surface area contributed by atoms with Crippen molar-refractivity contribution in [3.63, 3.8) is 0 Å². The molecule has 0 saturated carbocycles. The molecule has 0 saturated heterocycles. The Labute approximate surface area is 146 Å². The van der Waals surface area contributed by atoms with Gasteiger partial charge in [-0.2, -0.15) is 0 Å². The third kappa shape index (κ3) is 4.85. The van der Waals surface area contributed by atoms with Crippen molar-refractivity contribution >= 4 is 11.0 Å². The first kappa shape index (κ1) is 17.5. The van der Waals surface area contributed by atoms with Crippen LogP contribution in [0.15, 0.2) is 48.5 Å². The number of nitrogens with one attached hydrogen (secondary N) is 1. The lowest BCUT2D eigenvalue weighted by atomic mass is 10.2. The second-order valence-corrected chi connectivity index (χ2v) is 6.17. The summed E-state index contributed by atoms with van der Waals surface area (Å²) >= 11 is 0. The maximum atomic E-state index is 13.7. The fourth-order valence-corrected chi connectivity index (χ4v) is 2.74. The highest BCUT2D eigenvalue weighted by atomic mass is 19.1. The lowest BCUT2D eigenvalue weighted by molar-refractivity contribution is 0.0124. The molecule has 25 heavy (non-hydrogen) atoms. The van der Waals surface area contributed by atoms with Gasteiger partial charge in [0.15, 0.2) is 5.82 Å². The number of fused-ring (bicyclic) bond motifs is 1. The van der Waals surface area contributed by atoms with Gasteiger partial charge in [-0.05, 0) is 24.7 Å². The monoisotopic (exact) mass is 343 g/mol. The van der Waals surface area contributed by atoms with Crippen LogP contribution in [0.1, 0.15) is 11.4 Å². The van der Waals surface area contributed by atoms with Gasteiger partial charge in [0, 0.05) is 6.54 Å². The highest BCUT2D eigenvalue weighted by molar-refractivity contribution is 5.75. The predicted octanol–water partition coefficient (Wildman–Crippen LogP) is 2.71. The number of ether oxygens (including phenoxy) is 1. The fourth-order valence-electron chi connectivity index (χ4n) is 2.74. The molecule has 3 rings (SSSR count). The third-order valence-corrected chi connectivity index (χ3v) is 3.88. The standard InChI is InChI=1S/C19H22FN3O2/c1-23(10-15(24)13-25-12-14-6-3-2-4-7-14)11-18-21-17-9-5-8-16(20)19(17)22-18/h2-9,15,24H,10-13H2,1H3,(H,21,22)/t15-/m0/s1. The van der Waals surface area contributed by atoms with Crippen LogP contribution < -0.4 is 0 Å². The van der Waals surface area contributed by atoms with Crippen molar-refractivity contribution in [3.8, 4) is 0 Å². The minimum Gasteiger partial charge on any atom is -0.389 e. The molecule has 2 aromatic carbocycles. The SMILES string of the molecule is CN(Cc1nc2c(F)cccc2[nH]1)C[C@H](O)COCc1ccccc1. The zero-order chi connectivity index (χ0) is 17.6. The Bertz CT molecular complexity index is 807. The molecule has 3 aromatic rings. The number of imidazole rings is 1. The van der Waals surface area contributed by atoms with E-state index in [9.17, 15) is 9.50 Å². The Balaban J connectivity index is 1.46. The van der Waals surface area contributed by atoms with E-state index < -0.39 is 6.10 Å². The molecular weight excluding hydrogens is 321 g/mol. The summed E-state index contributed by atoms with van der Waals surface area (Å²) in [5, 5.41) is 10.1. The average Bonchev–Trinajstić information content (AvgIpc) is 2.99. The molecule has 0 fully saturated rings. The van der Waals surface area contributed by atoms with Gasteiger partial charge in [0.1, 0.15) is 11.3 Å². The van der Waals surface area contributed by atoms with E-state index in [1.807, 2.05) is 42.3 Å². The maximum absolute atomic E-state index is 13.7. The summed E-state index contributed by atoms with van der Waals surface area (Å²) in [6.45, 7) is 1.66. The molecule has 0 spiro atoms. The number of halogens is 1. The quantitative estimate of drug-likeness (QED) is 0.660. The number of rotatable bonds is 8. The van der Waals surface area contributed by atoms with Crippen molar-refractivity contribution in [2.24, 2.45) is 0 Å². The number of aliphatic hydroxyl groups excluding tert-OH is 1. The Morgan fingerprint density at radius 3 is 2.76 bits per heavy atom. The summed E-state index contributed by atoms with van der Waals surface area (Å²) in [7, 11) is 1.88. The molecule has 2 N–H and O–H groups in total. The number of benzene rings is 2. The van der Waals surface area contributed by atoms with Crippen molar-refractivity contribution in [3.05, 3.63) is 65.7 Å². The Morgan fingerprint density at radius 1 is 1.20 bits per heavy atom. The largest absolute Gasteiger partial charge is 0.389 e. The summed E-state index contributed by atoms with van der Waals surface area (Å²) < 4.78 is 19.2. The van der Waals surface area contributed by atoms with Crippen molar-refractivity contribution in [2.45, 2.75) is 19.3 Å². The van der Waals surface area contributed by atoms with E-state index in [0.717, 1.165) is 5.56 Å². The normalized spacial score (nSPS) is 12.8. The zero-order valence-electron chi connectivity index (χ0n) is 14.2. The molecule has 0 aliphatic carbocycles. The van der Waals surface area contributed by atoms with E-state index in [2.05, 4.69) is 9.97 Å². The van der Waals surface area contributed by atoms with E-state index in [1.54, 1.807) is 12.1 Å². The lowest BCUT2D eigenvalue weighted by Gasteiger charge is -2.19. The van der Waals surface area contributed by atoms with Gasteiger partial charge in [-0.1, -0.05) is 36.4 Å². The predicted molar refractivity (Wildman–Crippen MR) is 94.5 cm³/mol. The summed E-state index contributed by atoms with van der Waals surface area (Å²) in [5.41, 5.74) is 2.10. The molecule has 0 aliphatic rings. The first-order valence-corrected chi connectivity index (χ1v) is 8.23. The van der Waals surface area contributed by atoms with E-state index in [1.165, 1.54) is 6.07 Å². The van der Waals surface area contributed by atoms with Crippen LogP contribution in [0.4, 0.5) is 4.39 Å². The van der Waals surface area contributed by atoms with E-state index in [0.29, 0.717) is 36.6 Å². The molecule has 132 valence electrons. The molecule has 5 nitrogen and oxygen atoms in total. The molecule has 0 amide bonds. The Morgan fingerprint density at radius 2 is 2.00 bits per heavy atom. The van der Waals surface area contributed by atoms with Gasteiger partial charge < -0.3 is 14.8 Å². The van der Waals surface area contributed by atoms with Gasteiger partial charge in [0.25, 0.3) is 0 Å². The van der Waals surface area contributed by atoms with Crippen LogP contribution in [0.5, 0.6) is 0 Å². The maximum Gasteiger partial charge on any atom is 0.151 e. The van der Waals surface area contributed by atoms with E-state index >= 15 is 0 Å². The Hall–Kier alpha value is -2.28. The topological polar surface area (TPSA) is 61.4 Å². The van der Waals surface area contributed by atoms with Crippen LogP contribution in [-0.4, -0.2) is 46.3 Å². The molecular formula is C19H22FN3O2. The number of hydrogen-bond donors (Lipinski definition) is 2. The van der Waals surface area contributed by atoms with Gasteiger partial charge in [0.05, 0.1) is 31.4 Å². The smallest absolute Gasteiger partial charge is 0.151 e. The molecule has 1 heterocycles. The summed E-state index contributed by atoms with van der Waals surface area (Å²) in [5.74, 6) is 0.331. The van der Waals surface area contributed by atoms with Crippen LogP contribution >= 0.6 is 0 Å². The zero-order valence-corrected chi connectivity index (χ0v) is 14.2. The number of aliphatic hydroxyl groups is 1. The molecule has 1 aromatic heterocycles. The van der Waals surface area contributed by atoms with Gasteiger partial charge in [-0.25, -0.2) is 9.37 Å². The lowest BCUT2D eigenvalue weighted by Crippen LogP contribution is -2.32. The molecule has 6 heteroatoms. The fraction of sp³-hybridized carbons (Fsp3) is 0.316. The molecule has 0 aliphatic heterocycles. The second kappa shape index (κ2) is 8.20. The number of nitrogens with zero attached hydrogens (tertiary/aromatic N) is 2. The van der Waals surface area contributed by atoms with Crippen LogP contribution in [0.2, 0.25) is 0 Å². The van der Waals surface area contributed by atoms with Gasteiger partial charge in [-0.3, -0.25) is 4.90 Å². The number of likely N-dealkylation sites (N-methyl/N-ethyl adjacent to an activating group) is 1. The van der Waals surface area contributed by atoms with Gasteiger partial charge in [-0.15, -0.1) is 0 Å². The van der Waals surface area contributed by atoms with Crippen molar-refractivity contribution < 1.29 is 14.2 Å². The molecule has 0 radical (unpaired) electrons. The summed E-state index contributed by atoms with van der Waals surface area (Å²) in [6.07, 6.45) is -0.602. The highest BCUT2D eigenvalue weighted by Gasteiger charge is 2.12. The third-order valence-electron chi connectivity index (χ3n) is 3.88. The van der Waals surface area contributed by atoms with E-state index in [-0.39, 0.29) is 12.4 Å². The summed E-state index contributed by atoms with van der Waals surface area (Å²) in [4.78, 5) is 9.30. The van der Waals surface area contributed by atoms with E-state index in [4.69, 9.17) is 4.74 Å². The van der Waals surface area contributed by atoms with Crippen molar-refractivity contribution in [2.75, 3.05) is 20.2 Å². The van der Waals surface area contributed by atoms with Crippen LogP contribution in [0.3, 0.4) is 0 Å². The van der Waals surface area contributed by atoms with Gasteiger partial charge in [0.2, 0.25) is 0 Å². The van der Waals surface area contributed by atoms with Gasteiger partial charge >= 0.3 is 0 Å². The number of hydrogen-bond acceptors (Lipinski definition) is 4. The number of para-hydroxylation sites is 1. The molecule has 0 unspecified atom stereocenters. The number of aromatic amines is 1. The van der Waals surface area contributed by atoms with Crippen LogP contribution in [0.25, 0.3) is 11.0 Å². The van der Waals surface area contributed by atoms with Crippen molar-refractivity contribution in [1.29, 1.82) is 0 Å². The van der Waals surface area contributed by atoms with Crippen LogP contribution in [-0.2, 0) is 17.9 Å². The van der Waals surface area contributed by atoms with Crippen LogP contribution in [0, 0.1) is 5.82 Å². The second-order valence-electron chi connectivity index (χ2n) is 6.17. The first-order valence-electron chi connectivity index (χ1n) is 8.23. The minimum absolute atomic E-state index is 0.258.